The fourth-order valence-electron chi connectivity index (χ4n) is 3.04. The van der Waals surface area contributed by atoms with Gasteiger partial charge in [0.2, 0.25) is 0 Å². The van der Waals surface area contributed by atoms with Gasteiger partial charge in [0.25, 0.3) is 5.91 Å². The van der Waals surface area contributed by atoms with Crippen molar-refractivity contribution >= 4 is 34.2 Å². The van der Waals surface area contributed by atoms with Crippen molar-refractivity contribution in [2.75, 3.05) is 19.0 Å². The van der Waals surface area contributed by atoms with E-state index < -0.39 is 0 Å². The van der Waals surface area contributed by atoms with Crippen LogP contribution >= 0.6 is 11.6 Å². The third-order valence-corrected chi connectivity index (χ3v) is 4.87. The van der Waals surface area contributed by atoms with E-state index in [4.69, 9.17) is 21.1 Å². The second kappa shape index (κ2) is 9.06. The fraction of sp³-hybridized carbons (Fsp3) is 0.174. The lowest BCUT2D eigenvalue weighted by Crippen LogP contribution is -2.12. The minimum Gasteiger partial charge on any atom is -0.495 e. The number of carbonyl (C=O) groups is 1. The van der Waals surface area contributed by atoms with Crippen LogP contribution in [0.3, 0.4) is 0 Å². The van der Waals surface area contributed by atoms with E-state index in [0.717, 1.165) is 6.42 Å². The van der Waals surface area contributed by atoms with Gasteiger partial charge in [0.15, 0.2) is 0 Å². The highest BCUT2D eigenvalue weighted by Crippen LogP contribution is 2.27. The molecule has 0 aliphatic heterocycles. The lowest BCUT2D eigenvalue weighted by molar-refractivity contribution is 0.102. The molecule has 0 fully saturated rings. The molecule has 0 aliphatic carbocycles. The monoisotopic (exact) mass is 436 g/mol. The Balaban J connectivity index is 1.54. The van der Waals surface area contributed by atoms with Crippen LogP contribution in [0.2, 0.25) is 5.02 Å². The van der Waals surface area contributed by atoms with Crippen LogP contribution in [-0.4, -0.2) is 34.6 Å². The Bertz CT molecular complexity index is 1240. The number of fused-ring (bicyclic) bond motifs is 1. The molecule has 158 valence electrons. The number of hydrogen-bond donors (Lipinski definition) is 1. The van der Waals surface area contributed by atoms with Crippen molar-refractivity contribution in [3.8, 4) is 17.2 Å². The van der Waals surface area contributed by atoms with E-state index in [1.165, 1.54) is 4.80 Å². The molecule has 4 rings (SSSR count). The molecule has 0 aliphatic rings. The summed E-state index contributed by atoms with van der Waals surface area (Å²) in [5.74, 6) is 1.03. The van der Waals surface area contributed by atoms with Crippen molar-refractivity contribution < 1.29 is 14.3 Å². The molecule has 3 aromatic carbocycles. The van der Waals surface area contributed by atoms with Crippen LogP contribution < -0.4 is 14.8 Å². The van der Waals surface area contributed by atoms with Gasteiger partial charge >= 0.3 is 0 Å². The van der Waals surface area contributed by atoms with Gasteiger partial charge in [-0.25, -0.2) is 0 Å². The minimum atomic E-state index is -0.226. The number of nitrogens with zero attached hydrogens (tertiary/aromatic N) is 3. The van der Waals surface area contributed by atoms with Gasteiger partial charge in [-0.3, -0.25) is 4.79 Å². The first-order valence-electron chi connectivity index (χ1n) is 9.82. The van der Waals surface area contributed by atoms with Crippen molar-refractivity contribution in [2.24, 2.45) is 0 Å². The quantitative estimate of drug-likeness (QED) is 0.435. The number of carbonyl (C=O) groups excluding carboxylic acids is 1. The van der Waals surface area contributed by atoms with Crippen LogP contribution in [0.1, 0.15) is 23.7 Å². The molecule has 0 bridgehead atoms. The summed E-state index contributed by atoms with van der Waals surface area (Å²) < 4.78 is 10.8. The molecule has 0 saturated heterocycles. The summed E-state index contributed by atoms with van der Waals surface area (Å²) in [5.41, 5.74) is 3.18. The molecule has 0 radical (unpaired) electrons. The van der Waals surface area contributed by atoms with E-state index >= 15 is 0 Å². The average molecular weight is 437 g/mol. The van der Waals surface area contributed by atoms with E-state index in [-0.39, 0.29) is 5.91 Å². The number of benzene rings is 3. The number of nitrogens with one attached hydrogen (secondary N) is 1. The number of amides is 1. The Labute approximate surface area is 184 Å². The first-order chi connectivity index (χ1) is 15.1. The second-order valence-corrected chi connectivity index (χ2v) is 7.25. The summed E-state index contributed by atoms with van der Waals surface area (Å²) in [4.78, 5) is 14.2. The molecule has 0 spiro atoms. The largest absolute Gasteiger partial charge is 0.495 e. The molecule has 1 amide bonds. The zero-order valence-electron chi connectivity index (χ0n) is 17.1. The molecule has 1 heterocycles. The molecule has 0 unspecified atom stereocenters. The number of hydrogen-bond acceptors (Lipinski definition) is 5. The maximum atomic E-state index is 12.7. The summed E-state index contributed by atoms with van der Waals surface area (Å²) >= 11 is 6.21. The van der Waals surface area contributed by atoms with Crippen LogP contribution in [0, 0.1) is 0 Å². The predicted octanol–water partition coefficient (Wildman–Crippen LogP) is 5.12. The molecule has 4 aromatic rings. The van der Waals surface area contributed by atoms with Crippen LogP contribution in [0.25, 0.3) is 16.7 Å². The molecule has 31 heavy (non-hydrogen) atoms. The summed E-state index contributed by atoms with van der Waals surface area (Å²) in [6.07, 6.45) is 0.903. The molecular formula is C23H21ClN4O3. The number of rotatable bonds is 7. The Hall–Kier alpha value is -3.58. The first kappa shape index (κ1) is 20.7. The predicted molar refractivity (Wildman–Crippen MR) is 121 cm³/mol. The van der Waals surface area contributed by atoms with E-state index in [2.05, 4.69) is 15.5 Å². The SMILES string of the molecule is CCCOc1cccc(C(=O)Nc2ccc3nn(-c4ccc(OC)c(Cl)c4)nc3c2)c1. The Morgan fingerprint density at radius 1 is 1.06 bits per heavy atom. The lowest BCUT2D eigenvalue weighted by atomic mass is 10.2. The number of aromatic nitrogens is 3. The van der Waals surface area contributed by atoms with Gasteiger partial charge in [0, 0.05) is 11.3 Å². The van der Waals surface area contributed by atoms with E-state index in [0.29, 0.717) is 51.1 Å². The highest BCUT2D eigenvalue weighted by molar-refractivity contribution is 6.32. The number of halogens is 1. The maximum Gasteiger partial charge on any atom is 0.255 e. The lowest BCUT2D eigenvalue weighted by Gasteiger charge is -2.08. The molecular weight excluding hydrogens is 416 g/mol. The normalized spacial score (nSPS) is 10.8. The first-order valence-corrected chi connectivity index (χ1v) is 10.2. The molecule has 8 heteroatoms. The summed E-state index contributed by atoms with van der Waals surface area (Å²) in [6, 6.07) is 17.8. The van der Waals surface area contributed by atoms with E-state index in [1.54, 1.807) is 55.6 Å². The van der Waals surface area contributed by atoms with Gasteiger partial charge in [0.1, 0.15) is 22.5 Å². The minimum absolute atomic E-state index is 0.226. The highest BCUT2D eigenvalue weighted by Gasteiger charge is 2.11. The van der Waals surface area contributed by atoms with Crippen molar-refractivity contribution in [1.29, 1.82) is 0 Å². The van der Waals surface area contributed by atoms with Crippen LogP contribution in [0.15, 0.2) is 60.7 Å². The zero-order valence-corrected chi connectivity index (χ0v) is 17.9. The topological polar surface area (TPSA) is 78.3 Å². The smallest absolute Gasteiger partial charge is 0.255 e. The standard InChI is InChI=1S/C23H21ClN4O3/c1-3-11-31-18-6-4-5-15(12-18)23(29)25-16-7-9-20-21(13-16)27-28(26-20)17-8-10-22(30-2)19(24)14-17/h4-10,12-14H,3,11H2,1-2H3,(H,25,29). The summed E-state index contributed by atoms with van der Waals surface area (Å²) in [6.45, 7) is 2.64. The van der Waals surface area contributed by atoms with Crippen LogP contribution in [0.4, 0.5) is 5.69 Å². The zero-order chi connectivity index (χ0) is 21.8. The van der Waals surface area contributed by atoms with Gasteiger partial charge in [-0.1, -0.05) is 24.6 Å². The summed E-state index contributed by atoms with van der Waals surface area (Å²) in [7, 11) is 1.56. The van der Waals surface area contributed by atoms with Gasteiger partial charge in [-0.15, -0.1) is 10.2 Å². The second-order valence-electron chi connectivity index (χ2n) is 6.84. The third-order valence-electron chi connectivity index (χ3n) is 4.57. The van der Waals surface area contributed by atoms with Crippen molar-refractivity contribution in [3.63, 3.8) is 0 Å². The molecule has 0 saturated carbocycles. The number of ether oxygens (including phenoxy) is 2. The Morgan fingerprint density at radius 2 is 1.90 bits per heavy atom. The molecule has 0 atom stereocenters. The molecule has 7 nitrogen and oxygen atoms in total. The van der Waals surface area contributed by atoms with E-state index in [9.17, 15) is 4.79 Å². The average Bonchev–Trinajstić information content (AvgIpc) is 3.21. The Morgan fingerprint density at radius 3 is 2.68 bits per heavy atom. The number of methoxy groups -OCH3 is 1. The maximum absolute atomic E-state index is 12.7. The number of anilines is 1. The third kappa shape index (κ3) is 4.62. The van der Waals surface area contributed by atoms with E-state index in [1.807, 2.05) is 19.1 Å². The van der Waals surface area contributed by atoms with Crippen LogP contribution in [0.5, 0.6) is 11.5 Å². The van der Waals surface area contributed by atoms with Crippen molar-refractivity contribution in [1.82, 2.24) is 15.0 Å². The van der Waals surface area contributed by atoms with Gasteiger partial charge in [-0.05, 0) is 61.0 Å². The molecule has 1 N–H and O–H groups in total. The Kier molecular flexibility index (Phi) is 6.04. The molecule has 1 aromatic heterocycles. The van der Waals surface area contributed by atoms with Crippen molar-refractivity contribution in [3.05, 3.63) is 71.2 Å². The van der Waals surface area contributed by atoms with Gasteiger partial charge < -0.3 is 14.8 Å². The van der Waals surface area contributed by atoms with Gasteiger partial charge in [-0.2, -0.15) is 4.80 Å². The van der Waals surface area contributed by atoms with Crippen LogP contribution in [-0.2, 0) is 0 Å². The highest BCUT2D eigenvalue weighted by atomic mass is 35.5. The summed E-state index contributed by atoms with van der Waals surface area (Å²) in [5, 5.41) is 12.3. The van der Waals surface area contributed by atoms with Gasteiger partial charge in [0.05, 0.1) is 24.4 Å². The van der Waals surface area contributed by atoms with Crippen molar-refractivity contribution in [2.45, 2.75) is 13.3 Å². The fourth-order valence-corrected chi connectivity index (χ4v) is 3.29.